The molecule has 1 aromatic heterocycles. The lowest BCUT2D eigenvalue weighted by atomic mass is 10.1. The number of rotatable bonds is 4. The molecular formula is C10H10N2O4. The van der Waals surface area contributed by atoms with Crippen molar-refractivity contribution in [3.05, 3.63) is 33.5 Å². The van der Waals surface area contributed by atoms with Gasteiger partial charge >= 0.3 is 5.69 Å². The Labute approximate surface area is 91.7 Å². The molecule has 0 unspecified atom stereocenters. The average Bonchev–Trinajstić information content (AvgIpc) is 2.26. The fourth-order valence-electron chi connectivity index (χ4n) is 1.26. The first-order valence-electron chi connectivity index (χ1n) is 4.41. The maximum Gasteiger partial charge on any atom is 0.334 e. The summed E-state index contributed by atoms with van der Waals surface area (Å²) in [6.07, 6.45) is 4.72. The van der Waals surface area contributed by atoms with Gasteiger partial charge in [0, 0.05) is 17.3 Å². The molecule has 0 atom stereocenters. The molecule has 84 valence electrons. The first kappa shape index (κ1) is 11.8. The molecule has 0 saturated heterocycles. The highest BCUT2D eigenvalue weighted by Gasteiger charge is 2.21. The number of hydrogen-bond acceptors (Lipinski definition) is 5. The maximum atomic E-state index is 10.8. The number of nitro groups is 1. The highest BCUT2D eigenvalue weighted by atomic mass is 16.6. The van der Waals surface area contributed by atoms with E-state index < -0.39 is 4.92 Å². The minimum Gasteiger partial charge on any atom is -0.476 e. The highest BCUT2D eigenvalue weighted by molar-refractivity contribution is 5.75. The molecule has 1 heterocycles. The largest absolute Gasteiger partial charge is 0.476 e. The van der Waals surface area contributed by atoms with Crippen LogP contribution in [0.25, 0.3) is 6.08 Å². The molecule has 0 radical (unpaired) electrons. The minimum atomic E-state index is -0.556. The minimum absolute atomic E-state index is 0.0363. The van der Waals surface area contributed by atoms with Gasteiger partial charge in [0.25, 0.3) is 5.88 Å². The van der Waals surface area contributed by atoms with Gasteiger partial charge in [-0.05, 0) is 19.1 Å². The zero-order valence-corrected chi connectivity index (χ0v) is 8.84. The molecular weight excluding hydrogens is 212 g/mol. The third-order valence-electron chi connectivity index (χ3n) is 2.04. The van der Waals surface area contributed by atoms with Crippen LogP contribution in [0.4, 0.5) is 5.69 Å². The van der Waals surface area contributed by atoms with E-state index in [2.05, 4.69) is 4.98 Å². The van der Waals surface area contributed by atoms with Gasteiger partial charge in [-0.2, -0.15) is 0 Å². The smallest absolute Gasteiger partial charge is 0.334 e. The molecule has 1 aromatic rings. The van der Waals surface area contributed by atoms with Crippen LogP contribution < -0.4 is 4.74 Å². The fraction of sp³-hybridized carbons (Fsp3) is 0.200. The first-order valence-corrected chi connectivity index (χ1v) is 4.41. The summed E-state index contributed by atoms with van der Waals surface area (Å²) >= 11 is 0. The van der Waals surface area contributed by atoms with Crippen LogP contribution in [0, 0.1) is 17.0 Å². The van der Waals surface area contributed by atoms with E-state index in [4.69, 9.17) is 4.74 Å². The van der Waals surface area contributed by atoms with Crippen molar-refractivity contribution < 1.29 is 14.5 Å². The number of methoxy groups -OCH3 is 1. The lowest BCUT2D eigenvalue weighted by molar-refractivity contribution is -0.386. The molecule has 0 N–H and O–H groups in total. The maximum absolute atomic E-state index is 10.8. The van der Waals surface area contributed by atoms with E-state index in [9.17, 15) is 14.9 Å². The third-order valence-corrected chi connectivity index (χ3v) is 2.04. The van der Waals surface area contributed by atoms with Crippen molar-refractivity contribution in [1.82, 2.24) is 4.98 Å². The van der Waals surface area contributed by atoms with Gasteiger partial charge in [-0.3, -0.25) is 14.9 Å². The van der Waals surface area contributed by atoms with Crippen molar-refractivity contribution in [3.63, 3.8) is 0 Å². The Morgan fingerprint density at radius 1 is 1.56 bits per heavy atom. The molecule has 0 aliphatic rings. The van der Waals surface area contributed by atoms with E-state index in [1.165, 1.54) is 25.5 Å². The zero-order chi connectivity index (χ0) is 12.1. The van der Waals surface area contributed by atoms with Crippen molar-refractivity contribution in [2.45, 2.75) is 6.92 Å². The Morgan fingerprint density at radius 3 is 2.75 bits per heavy atom. The van der Waals surface area contributed by atoms with E-state index in [1.54, 1.807) is 6.92 Å². The van der Waals surface area contributed by atoms with Gasteiger partial charge in [-0.15, -0.1) is 0 Å². The summed E-state index contributed by atoms with van der Waals surface area (Å²) in [6, 6.07) is 0. The third kappa shape index (κ3) is 2.22. The predicted octanol–water partition coefficient (Wildman–Crippen LogP) is 1.52. The Kier molecular flexibility index (Phi) is 3.71. The normalized spacial score (nSPS) is 10.4. The number of hydrogen-bond donors (Lipinski definition) is 0. The van der Waals surface area contributed by atoms with Gasteiger partial charge < -0.3 is 4.74 Å². The molecule has 1 rings (SSSR count). The number of pyridine rings is 1. The quantitative estimate of drug-likeness (QED) is 0.334. The van der Waals surface area contributed by atoms with Crippen molar-refractivity contribution in [3.8, 4) is 5.88 Å². The van der Waals surface area contributed by atoms with Crippen molar-refractivity contribution >= 4 is 18.0 Å². The Bertz CT molecular complexity index is 454. The van der Waals surface area contributed by atoms with Crippen LogP contribution in [0.3, 0.4) is 0 Å². The van der Waals surface area contributed by atoms with Crippen LogP contribution in [0.2, 0.25) is 0 Å². The fourth-order valence-corrected chi connectivity index (χ4v) is 1.26. The van der Waals surface area contributed by atoms with Crippen LogP contribution in [-0.4, -0.2) is 23.3 Å². The number of nitrogens with zero attached hydrogens (tertiary/aromatic N) is 2. The van der Waals surface area contributed by atoms with Crippen molar-refractivity contribution in [2.75, 3.05) is 7.11 Å². The van der Waals surface area contributed by atoms with Gasteiger partial charge in [0.1, 0.15) is 6.29 Å². The number of carbonyl (C=O) groups excluding carboxylic acids is 1. The van der Waals surface area contributed by atoms with E-state index in [1.807, 2.05) is 0 Å². The van der Waals surface area contributed by atoms with E-state index >= 15 is 0 Å². The SMILES string of the molecule is COc1ncc(C=CC=O)c(C)c1[N+](=O)[O-]. The summed E-state index contributed by atoms with van der Waals surface area (Å²) in [5.74, 6) is -0.0363. The number of aldehydes is 1. The molecule has 0 saturated carbocycles. The molecule has 0 aliphatic heterocycles. The molecule has 0 fully saturated rings. The van der Waals surface area contributed by atoms with Crippen LogP contribution in [0.5, 0.6) is 5.88 Å². The van der Waals surface area contributed by atoms with Gasteiger partial charge in [0.15, 0.2) is 0 Å². The second-order valence-corrected chi connectivity index (χ2v) is 2.95. The molecule has 0 amide bonds. The molecule has 0 aromatic carbocycles. The summed E-state index contributed by atoms with van der Waals surface area (Å²) in [5, 5.41) is 10.8. The summed E-state index contributed by atoms with van der Waals surface area (Å²) in [4.78, 5) is 24.2. The van der Waals surface area contributed by atoms with Gasteiger partial charge in [0.05, 0.1) is 12.0 Å². The molecule has 6 nitrogen and oxygen atoms in total. The molecule has 0 spiro atoms. The topological polar surface area (TPSA) is 82.3 Å². The standard InChI is InChI=1S/C10H10N2O4/c1-7-8(4-3-5-13)6-11-10(16-2)9(7)12(14)15/h3-6H,1-2H3. The number of allylic oxidation sites excluding steroid dienone is 1. The van der Waals surface area contributed by atoms with Crippen molar-refractivity contribution in [1.29, 1.82) is 0 Å². The van der Waals surface area contributed by atoms with Crippen LogP contribution in [-0.2, 0) is 4.79 Å². The van der Waals surface area contributed by atoms with E-state index in [0.717, 1.165) is 0 Å². The predicted molar refractivity (Wildman–Crippen MR) is 57.3 cm³/mol. The van der Waals surface area contributed by atoms with Gasteiger partial charge in [-0.1, -0.05) is 0 Å². The van der Waals surface area contributed by atoms with Crippen LogP contribution in [0.15, 0.2) is 12.3 Å². The van der Waals surface area contributed by atoms with Gasteiger partial charge in [0.2, 0.25) is 0 Å². The summed E-state index contributed by atoms with van der Waals surface area (Å²) in [5.41, 5.74) is 0.741. The average molecular weight is 222 g/mol. The lowest BCUT2D eigenvalue weighted by Crippen LogP contribution is -2.00. The molecule has 0 aliphatic carbocycles. The van der Waals surface area contributed by atoms with E-state index in [0.29, 0.717) is 17.4 Å². The molecule has 0 bridgehead atoms. The second-order valence-electron chi connectivity index (χ2n) is 2.95. The highest BCUT2D eigenvalue weighted by Crippen LogP contribution is 2.30. The summed E-state index contributed by atoms with van der Waals surface area (Å²) in [6.45, 7) is 1.58. The number of carbonyl (C=O) groups is 1. The Balaban J connectivity index is 3.37. The number of aromatic nitrogens is 1. The van der Waals surface area contributed by atoms with Crippen LogP contribution in [0.1, 0.15) is 11.1 Å². The monoisotopic (exact) mass is 222 g/mol. The number of ether oxygens (including phenoxy) is 1. The Hall–Kier alpha value is -2.24. The zero-order valence-electron chi connectivity index (χ0n) is 8.84. The van der Waals surface area contributed by atoms with Crippen molar-refractivity contribution in [2.24, 2.45) is 0 Å². The Morgan fingerprint density at radius 2 is 2.25 bits per heavy atom. The molecule has 6 heteroatoms. The van der Waals surface area contributed by atoms with E-state index in [-0.39, 0.29) is 11.6 Å². The summed E-state index contributed by atoms with van der Waals surface area (Å²) in [7, 11) is 1.32. The summed E-state index contributed by atoms with van der Waals surface area (Å²) < 4.78 is 4.80. The van der Waals surface area contributed by atoms with Gasteiger partial charge in [-0.25, -0.2) is 4.98 Å². The van der Waals surface area contributed by atoms with Crippen LogP contribution >= 0.6 is 0 Å². The first-order chi connectivity index (χ1) is 7.61. The second kappa shape index (κ2) is 5.01. The molecule has 16 heavy (non-hydrogen) atoms. The lowest BCUT2D eigenvalue weighted by Gasteiger charge is -2.05.